The second-order valence-electron chi connectivity index (χ2n) is 7.34. The van der Waals surface area contributed by atoms with Crippen molar-refractivity contribution < 1.29 is 13.2 Å². The molecule has 1 aliphatic rings. The highest BCUT2D eigenvalue weighted by molar-refractivity contribution is 7.91. The van der Waals surface area contributed by atoms with E-state index in [9.17, 15) is 8.42 Å². The minimum absolute atomic E-state index is 0.244. The van der Waals surface area contributed by atoms with Gasteiger partial charge in [-0.25, -0.2) is 8.42 Å². The fourth-order valence-electron chi connectivity index (χ4n) is 2.69. The lowest BCUT2D eigenvalue weighted by Gasteiger charge is -2.08. The van der Waals surface area contributed by atoms with E-state index < -0.39 is 9.84 Å². The molecule has 1 aromatic rings. The van der Waals surface area contributed by atoms with Crippen molar-refractivity contribution in [2.24, 2.45) is 5.92 Å². The van der Waals surface area contributed by atoms with E-state index in [0.717, 1.165) is 56.8 Å². The SMILES string of the molecule is CC(C)S(=O)(=O)CCCCCCCc1cccc(OCC2CC2)c1. The van der Waals surface area contributed by atoms with Crippen molar-refractivity contribution in [2.75, 3.05) is 12.4 Å². The molecule has 1 fully saturated rings. The van der Waals surface area contributed by atoms with Crippen LogP contribution in [0.4, 0.5) is 0 Å². The molecule has 136 valence electrons. The Bertz CT molecular complexity index is 589. The Morgan fingerprint density at radius 2 is 1.79 bits per heavy atom. The summed E-state index contributed by atoms with van der Waals surface area (Å²) >= 11 is 0. The number of ether oxygens (including phenoxy) is 1. The smallest absolute Gasteiger partial charge is 0.152 e. The molecule has 24 heavy (non-hydrogen) atoms. The predicted molar refractivity (Wildman–Crippen MR) is 100 cm³/mol. The van der Waals surface area contributed by atoms with Gasteiger partial charge in [0.2, 0.25) is 0 Å². The Balaban J connectivity index is 1.56. The fourth-order valence-corrected chi connectivity index (χ4v) is 3.77. The van der Waals surface area contributed by atoms with E-state index in [1.54, 1.807) is 13.8 Å². The Labute approximate surface area is 147 Å². The molecule has 1 aliphatic carbocycles. The first-order valence-corrected chi connectivity index (χ1v) is 11.1. The summed E-state index contributed by atoms with van der Waals surface area (Å²) in [6.07, 6.45) is 8.95. The third-order valence-electron chi connectivity index (χ3n) is 4.69. The summed E-state index contributed by atoms with van der Waals surface area (Å²) in [6.45, 7) is 4.39. The Morgan fingerprint density at radius 3 is 2.50 bits per heavy atom. The highest BCUT2D eigenvalue weighted by Crippen LogP contribution is 2.29. The lowest BCUT2D eigenvalue weighted by Crippen LogP contribution is -2.17. The topological polar surface area (TPSA) is 43.4 Å². The van der Waals surface area contributed by atoms with Crippen LogP contribution in [0.5, 0.6) is 5.75 Å². The monoisotopic (exact) mass is 352 g/mol. The number of hydrogen-bond acceptors (Lipinski definition) is 3. The molecule has 0 radical (unpaired) electrons. The summed E-state index contributed by atoms with van der Waals surface area (Å²) in [6, 6.07) is 8.45. The Kier molecular flexibility index (Phi) is 7.60. The van der Waals surface area contributed by atoms with E-state index in [4.69, 9.17) is 4.74 Å². The first-order valence-electron chi connectivity index (χ1n) is 9.40. The molecular formula is C20H32O3S. The maximum Gasteiger partial charge on any atom is 0.152 e. The van der Waals surface area contributed by atoms with Gasteiger partial charge in [-0.2, -0.15) is 0 Å². The average Bonchev–Trinajstić information content (AvgIpc) is 3.36. The van der Waals surface area contributed by atoms with Gasteiger partial charge in [-0.1, -0.05) is 31.4 Å². The number of unbranched alkanes of at least 4 members (excludes halogenated alkanes) is 4. The second kappa shape index (κ2) is 9.45. The van der Waals surface area contributed by atoms with Crippen LogP contribution in [0.1, 0.15) is 64.4 Å². The Hall–Kier alpha value is -1.03. The molecule has 4 heteroatoms. The Morgan fingerprint density at radius 1 is 1.08 bits per heavy atom. The van der Waals surface area contributed by atoms with Crippen LogP contribution < -0.4 is 4.74 Å². The summed E-state index contributed by atoms with van der Waals surface area (Å²) < 4.78 is 29.3. The van der Waals surface area contributed by atoms with Gasteiger partial charge in [0.1, 0.15) is 5.75 Å². The highest BCUT2D eigenvalue weighted by atomic mass is 32.2. The molecule has 0 N–H and O–H groups in total. The quantitative estimate of drug-likeness (QED) is 0.508. The molecule has 3 nitrogen and oxygen atoms in total. The molecule has 0 amide bonds. The zero-order valence-electron chi connectivity index (χ0n) is 15.2. The molecular weight excluding hydrogens is 320 g/mol. The third kappa shape index (κ3) is 7.25. The lowest BCUT2D eigenvalue weighted by atomic mass is 10.1. The zero-order valence-corrected chi connectivity index (χ0v) is 16.0. The van der Waals surface area contributed by atoms with E-state index in [1.165, 1.54) is 18.4 Å². The molecule has 1 aromatic carbocycles. The third-order valence-corrected chi connectivity index (χ3v) is 6.99. The van der Waals surface area contributed by atoms with E-state index in [1.807, 2.05) is 6.07 Å². The van der Waals surface area contributed by atoms with Crippen LogP contribution in [0.3, 0.4) is 0 Å². The van der Waals surface area contributed by atoms with Gasteiger partial charge in [0.05, 0.1) is 17.6 Å². The standard InChI is InChI=1S/C20H32O3S/c1-17(2)24(21,22)14-7-5-3-4-6-9-18-10-8-11-20(15-18)23-16-19-12-13-19/h8,10-11,15,17,19H,3-7,9,12-14,16H2,1-2H3. The minimum Gasteiger partial charge on any atom is -0.493 e. The van der Waals surface area contributed by atoms with Gasteiger partial charge in [0.25, 0.3) is 0 Å². The van der Waals surface area contributed by atoms with Crippen molar-refractivity contribution in [3.63, 3.8) is 0 Å². The molecule has 0 bridgehead atoms. The first kappa shape index (κ1) is 19.3. The maximum atomic E-state index is 11.7. The van der Waals surface area contributed by atoms with Crippen LogP contribution in [-0.2, 0) is 16.3 Å². The molecule has 0 spiro atoms. The van der Waals surface area contributed by atoms with Crippen LogP contribution in [-0.4, -0.2) is 26.0 Å². The number of hydrogen-bond donors (Lipinski definition) is 0. The van der Waals surface area contributed by atoms with Crippen molar-refractivity contribution in [2.45, 2.75) is 70.5 Å². The number of aryl methyl sites for hydroxylation is 1. The molecule has 2 rings (SSSR count). The molecule has 0 aliphatic heterocycles. The zero-order chi connectivity index (χ0) is 17.4. The van der Waals surface area contributed by atoms with Crippen molar-refractivity contribution >= 4 is 9.84 Å². The first-order chi connectivity index (χ1) is 11.5. The summed E-state index contributed by atoms with van der Waals surface area (Å²) in [5.74, 6) is 2.12. The minimum atomic E-state index is -2.86. The molecule has 0 atom stereocenters. The van der Waals surface area contributed by atoms with Gasteiger partial charge in [0.15, 0.2) is 9.84 Å². The van der Waals surface area contributed by atoms with Crippen LogP contribution >= 0.6 is 0 Å². The summed E-state index contributed by atoms with van der Waals surface area (Å²) in [5.41, 5.74) is 1.34. The molecule has 0 saturated heterocycles. The second-order valence-corrected chi connectivity index (χ2v) is 10.0. The molecule has 1 saturated carbocycles. The van der Waals surface area contributed by atoms with E-state index in [0.29, 0.717) is 5.75 Å². The molecule has 0 heterocycles. The van der Waals surface area contributed by atoms with Gasteiger partial charge in [-0.3, -0.25) is 0 Å². The van der Waals surface area contributed by atoms with Gasteiger partial charge in [-0.05, 0) is 69.6 Å². The highest BCUT2D eigenvalue weighted by Gasteiger charge is 2.21. The van der Waals surface area contributed by atoms with Crippen LogP contribution in [0.2, 0.25) is 0 Å². The normalized spacial score (nSPS) is 15.0. The van der Waals surface area contributed by atoms with E-state index in [2.05, 4.69) is 18.2 Å². The summed E-state index contributed by atoms with van der Waals surface area (Å²) in [4.78, 5) is 0. The van der Waals surface area contributed by atoms with Crippen molar-refractivity contribution in [3.05, 3.63) is 29.8 Å². The number of sulfone groups is 1. The van der Waals surface area contributed by atoms with Crippen LogP contribution in [0.25, 0.3) is 0 Å². The van der Waals surface area contributed by atoms with Crippen LogP contribution in [0.15, 0.2) is 24.3 Å². The maximum absolute atomic E-state index is 11.7. The van der Waals surface area contributed by atoms with Gasteiger partial charge >= 0.3 is 0 Å². The molecule has 0 aromatic heterocycles. The lowest BCUT2D eigenvalue weighted by molar-refractivity contribution is 0.299. The summed E-state index contributed by atoms with van der Waals surface area (Å²) in [5, 5.41) is -0.244. The van der Waals surface area contributed by atoms with Gasteiger partial charge < -0.3 is 4.74 Å². The van der Waals surface area contributed by atoms with Crippen LogP contribution in [0, 0.1) is 5.92 Å². The largest absolute Gasteiger partial charge is 0.493 e. The number of rotatable bonds is 12. The fraction of sp³-hybridized carbons (Fsp3) is 0.700. The van der Waals surface area contributed by atoms with E-state index in [-0.39, 0.29) is 5.25 Å². The predicted octanol–water partition coefficient (Wildman–Crippen LogP) is 4.79. The van der Waals surface area contributed by atoms with Crippen molar-refractivity contribution in [1.29, 1.82) is 0 Å². The van der Waals surface area contributed by atoms with Crippen molar-refractivity contribution in [1.82, 2.24) is 0 Å². The summed E-state index contributed by atoms with van der Waals surface area (Å²) in [7, 11) is -2.86. The molecule has 0 unspecified atom stereocenters. The van der Waals surface area contributed by atoms with E-state index >= 15 is 0 Å². The number of benzene rings is 1. The van der Waals surface area contributed by atoms with Crippen molar-refractivity contribution in [3.8, 4) is 5.75 Å². The van der Waals surface area contributed by atoms with Gasteiger partial charge in [-0.15, -0.1) is 0 Å². The average molecular weight is 353 g/mol. The van der Waals surface area contributed by atoms with Gasteiger partial charge in [0, 0.05) is 0 Å².